The lowest BCUT2D eigenvalue weighted by atomic mass is 9.86. The third kappa shape index (κ3) is 4.39. The number of aryl methyl sites for hydroxylation is 2. The minimum atomic E-state index is -1.03. The van der Waals surface area contributed by atoms with Gasteiger partial charge in [-0.2, -0.15) is 0 Å². The largest absolute Gasteiger partial charge is 0.481 e. The molecule has 0 bridgehead atoms. The van der Waals surface area contributed by atoms with Gasteiger partial charge in [-0.05, 0) is 47.1 Å². The summed E-state index contributed by atoms with van der Waals surface area (Å²) in [5.41, 5.74) is 4.21. The predicted octanol–water partition coefficient (Wildman–Crippen LogP) is 4.67. The maximum absolute atomic E-state index is 12.2. The van der Waals surface area contributed by atoms with Crippen molar-refractivity contribution in [2.45, 2.75) is 39.5 Å². The van der Waals surface area contributed by atoms with Crippen LogP contribution in [0.1, 0.15) is 48.9 Å². The lowest BCUT2D eigenvalue weighted by Gasteiger charge is -2.18. The molecule has 2 rings (SSSR count). The molecule has 0 spiro atoms. The first-order valence-corrected chi connectivity index (χ1v) is 8.84. The standard InChI is InChI=1S/C22H24O4/c1-3-15-9-5-7-11-17(15)19(13-14-20(23)24)21(22(25)26)18-12-8-6-10-16(18)4-2/h5-12H,3-4,13-14H2,1-2H3,(H,23,24)(H,25,26)/b21-19-. The fourth-order valence-electron chi connectivity index (χ4n) is 3.23. The molecule has 0 radical (unpaired) electrons. The van der Waals surface area contributed by atoms with Crippen LogP contribution in [0.15, 0.2) is 48.5 Å². The summed E-state index contributed by atoms with van der Waals surface area (Å²) in [6.45, 7) is 3.99. The Balaban J connectivity index is 2.79. The van der Waals surface area contributed by atoms with Crippen LogP contribution < -0.4 is 0 Å². The maximum atomic E-state index is 12.2. The molecular formula is C22H24O4. The van der Waals surface area contributed by atoms with E-state index >= 15 is 0 Å². The molecule has 2 aromatic rings. The average molecular weight is 352 g/mol. The van der Waals surface area contributed by atoms with Gasteiger partial charge in [0.05, 0.1) is 5.57 Å². The molecule has 0 saturated carbocycles. The van der Waals surface area contributed by atoms with Gasteiger partial charge in [-0.25, -0.2) is 4.79 Å². The van der Waals surface area contributed by atoms with Crippen LogP contribution in [0.3, 0.4) is 0 Å². The first-order valence-electron chi connectivity index (χ1n) is 8.84. The molecule has 0 heterocycles. The zero-order valence-electron chi connectivity index (χ0n) is 15.2. The van der Waals surface area contributed by atoms with Crippen LogP contribution in [-0.2, 0) is 22.4 Å². The summed E-state index contributed by atoms with van der Waals surface area (Å²) < 4.78 is 0. The van der Waals surface area contributed by atoms with E-state index in [9.17, 15) is 14.7 Å². The summed E-state index contributed by atoms with van der Waals surface area (Å²) in [4.78, 5) is 23.4. The molecule has 2 N–H and O–H groups in total. The molecule has 0 amide bonds. The second-order valence-corrected chi connectivity index (χ2v) is 6.07. The minimum Gasteiger partial charge on any atom is -0.481 e. The van der Waals surface area contributed by atoms with Crippen molar-refractivity contribution >= 4 is 23.1 Å². The summed E-state index contributed by atoms with van der Waals surface area (Å²) >= 11 is 0. The summed E-state index contributed by atoms with van der Waals surface area (Å²) in [5.74, 6) is -1.97. The molecule has 0 saturated heterocycles. The number of allylic oxidation sites excluding steroid dienone is 1. The second-order valence-electron chi connectivity index (χ2n) is 6.07. The van der Waals surface area contributed by atoms with Gasteiger partial charge in [0.1, 0.15) is 0 Å². The Labute approximate surface area is 153 Å². The SMILES string of the molecule is CCc1ccccc1/C(CCC(=O)O)=C(\C(=O)O)c1ccccc1CC. The number of carbonyl (C=O) groups is 2. The molecule has 0 fully saturated rings. The highest BCUT2D eigenvalue weighted by Gasteiger charge is 2.22. The molecule has 0 aliphatic heterocycles. The van der Waals surface area contributed by atoms with E-state index in [4.69, 9.17) is 5.11 Å². The molecule has 0 atom stereocenters. The van der Waals surface area contributed by atoms with E-state index in [1.54, 1.807) is 6.07 Å². The number of aliphatic carboxylic acids is 2. The van der Waals surface area contributed by atoms with Crippen LogP contribution in [0.25, 0.3) is 11.1 Å². The van der Waals surface area contributed by atoms with Crippen molar-refractivity contribution in [1.82, 2.24) is 0 Å². The molecule has 136 valence electrons. The Morgan fingerprint density at radius 2 is 1.27 bits per heavy atom. The molecule has 4 nitrogen and oxygen atoms in total. The molecule has 0 aromatic heterocycles. The molecule has 0 aliphatic carbocycles. The Morgan fingerprint density at radius 1 is 0.769 bits per heavy atom. The number of carboxylic acids is 2. The molecular weight excluding hydrogens is 328 g/mol. The zero-order chi connectivity index (χ0) is 19.1. The highest BCUT2D eigenvalue weighted by atomic mass is 16.4. The molecule has 26 heavy (non-hydrogen) atoms. The van der Waals surface area contributed by atoms with Crippen LogP contribution >= 0.6 is 0 Å². The lowest BCUT2D eigenvalue weighted by Crippen LogP contribution is -2.08. The van der Waals surface area contributed by atoms with Gasteiger partial charge >= 0.3 is 11.9 Å². The van der Waals surface area contributed by atoms with Crippen molar-refractivity contribution in [3.8, 4) is 0 Å². The van der Waals surface area contributed by atoms with Gasteiger partial charge in [0.2, 0.25) is 0 Å². The normalized spacial score (nSPS) is 11.8. The van der Waals surface area contributed by atoms with Gasteiger partial charge in [-0.15, -0.1) is 0 Å². The van der Waals surface area contributed by atoms with E-state index in [0.717, 1.165) is 23.1 Å². The third-order valence-electron chi connectivity index (χ3n) is 4.50. The summed E-state index contributed by atoms with van der Waals surface area (Å²) in [7, 11) is 0. The number of hydrogen-bond acceptors (Lipinski definition) is 2. The van der Waals surface area contributed by atoms with Crippen molar-refractivity contribution in [3.63, 3.8) is 0 Å². The first-order chi connectivity index (χ1) is 12.5. The van der Waals surface area contributed by atoms with E-state index in [1.807, 2.05) is 56.3 Å². The molecule has 0 unspecified atom stereocenters. The fraction of sp³-hybridized carbons (Fsp3) is 0.273. The predicted molar refractivity (Wildman–Crippen MR) is 103 cm³/mol. The van der Waals surface area contributed by atoms with Crippen LogP contribution in [0.5, 0.6) is 0 Å². The van der Waals surface area contributed by atoms with Crippen molar-refractivity contribution < 1.29 is 19.8 Å². The molecule has 2 aromatic carbocycles. The van der Waals surface area contributed by atoms with Crippen molar-refractivity contribution in [3.05, 3.63) is 70.8 Å². The van der Waals surface area contributed by atoms with Gasteiger partial charge < -0.3 is 10.2 Å². The fourth-order valence-corrected chi connectivity index (χ4v) is 3.23. The zero-order valence-corrected chi connectivity index (χ0v) is 15.2. The quantitative estimate of drug-likeness (QED) is 0.535. The van der Waals surface area contributed by atoms with Crippen molar-refractivity contribution in [2.75, 3.05) is 0 Å². The number of carboxylic acid groups (broad SMARTS) is 2. The average Bonchev–Trinajstić information content (AvgIpc) is 2.64. The van der Waals surface area contributed by atoms with Gasteiger partial charge in [0, 0.05) is 6.42 Å². The van der Waals surface area contributed by atoms with E-state index in [1.165, 1.54) is 0 Å². The van der Waals surface area contributed by atoms with E-state index < -0.39 is 11.9 Å². The summed E-state index contributed by atoms with van der Waals surface area (Å²) in [6, 6.07) is 15.0. The minimum absolute atomic E-state index is 0.113. The van der Waals surface area contributed by atoms with Crippen LogP contribution in [0.2, 0.25) is 0 Å². The number of rotatable bonds is 8. The van der Waals surface area contributed by atoms with E-state index in [0.29, 0.717) is 17.6 Å². The smallest absolute Gasteiger partial charge is 0.336 e. The number of hydrogen-bond donors (Lipinski definition) is 2. The molecule has 0 aliphatic rings. The van der Waals surface area contributed by atoms with Gasteiger partial charge in [-0.1, -0.05) is 62.4 Å². The first kappa shape index (κ1) is 19.4. The summed E-state index contributed by atoms with van der Waals surface area (Å²) in [5, 5.41) is 19.2. The van der Waals surface area contributed by atoms with E-state index in [2.05, 4.69) is 0 Å². The topological polar surface area (TPSA) is 74.6 Å². The monoisotopic (exact) mass is 352 g/mol. The third-order valence-corrected chi connectivity index (χ3v) is 4.50. The highest BCUT2D eigenvalue weighted by Crippen LogP contribution is 2.34. The summed E-state index contributed by atoms with van der Waals surface area (Å²) in [6.07, 6.45) is 1.51. The Bertz CT molecular complexity index is 834. The van der Waals surface area contributed by atoms with Crippen LogP contribution in [0, 0.1) is 0 Å². The second kappa shape index (κ2) is 8.99. The Morgan fingerprint density at radius 3 is 1.77 bits per heavy atom. The van der Waals surface area contributed by atoms with Crippen molar-refractivity contribution in [2.24, 2.45) is 0 Å². The maximum Gasteiger partial charge on any atom is 0.336 e. The van der Waals surface area contributed by atoms with Crippen LogP contribution in [-0.4, -0.2) is 22.2 Å². The molecule has 4 heteroatoms. The lowest BCUT2D eigenvalue weighted by molar-refractivity contribution is -0.137. The van der Waals surface area contributed by atoms with Gasteiger partial charge in [-0.3, -0.25) is 4.79 Å². The Hall–Kier alpha value is -2.88. The van der Waals surface area contributed by atoms with Gasteiger partial charge in [0.25, 0.3) is 0 Å². The van der Waals surface area contributed by atoms with E-state index in [-0.39, 0.29) is 18.4 Å². The van der Waals surface area contributed by atoms with Crippen molar-refractivity contribution in [1.29, 1.82) is 0 Å². The Kier molecular flexibility index (Phi) is 6.73. The highest BCUT2D eigenvalue weighted by molar-refractivity contribution is 6.24. The van der Waals surface area contributed by atoms with Crippen LogP contribution in [0.4, 0.5) is 0 Å². The number of benzene rings is 2. The van der Waals surface area contributed by atoms with Gasteiger partial charge in [0.15, 0.2) is 0 Å².